The number of methoxy groups -OCH3 is 3. The molecule has 0 unspecified atom stereocenters. The molecular formula is C23H30N2O5. The summed E-state index contributed by atoms with van der Waals surface area (Å²) in [7, 11) is 4.68. The number of ether oxygens (including phenoxy) is 3. The molecule has 7 heteroatoms. The summed E-state index contributed by atoms with van der Waals surface area (Å²) in [4.78, 5) is 18.9. The molecule has 0 amide bonds. The fourth-order valence-electron chi connectivity index (χ4n) is 6.27. The van der Waals surface area contributed by atoms with Crippen molar-refractivity contribution in [2.75, 3.05) is 34.4 Å². The second kappa shape index (κ2) is 7.55. The lowest BCUT2D eigenvalue weighted by Gasteiger charge is -2.52. The Bertz CT molecular complexity index is 956. The van der Waals surface area contributed by atoms with Gasteiger partial charge in [0, 0.05) is 42.9 Å². The number of hydrogen-bond acceptors (Lipinski definition) is 6. The van der Waals surface area contributed by atoms with Gasteiger partial charge in [0.2, 0.25) is 0 Å². The van der Waals surface area contributed by atoms with Gasteiger partial charge in [-0.05, 0) is 48.8 Å². The lowest BCUT2D eigenvalue weighted by Crippen LogP contribution is -2.57. The lowest BCUT2D eigenvalue weighted by atomic mass is 9.64. The Hall–Kier alpha value is -2.09. The maximum Gasteiger partial charge on any atom is 0.311 e. The first-order valence-electron chi connectivity index (χ1n) is 10.8. The van der Waals surface area contributed by atoms with Gasteiger partial charge in [0.25, 0.3) is 0 Å². The predicted molar refractivity (Wildman–Crippen MR) is 111 cm³/mol. The first kappa shape index (κ1) is 19.8. The minimum atomic E-state index is -0.641. The van der Waals surface area contributed by atoms with Crippen LogP contribution < -0.4 is 4.74 Å². The van der Waals surface area contributed by atoms with Crippen molar-refractivity contribution in [1.29, 1.82) is 0 Å². The van der Waals surface area contributed by atoms with Crippen LogP contribution in [0.2, 0.25) is 0 Å². The van der Waals surface area contributed by atoms with Gasteiger partial charge in [0.1, 0.15) is 5.75 Å². The SMILES string of the molecule is COC(=O)[C@@H]1[C@@H]2C[C@@H]3c4[nH]c5cc(OC)ccc5c4CCN3C[C@@H]2C[C@H](O)[C@@H]1OC. The number of esters is 1. The van der Waals surface area contributed by atoms with Crippen molar-refractivity contribution in [3.8, 4) is 5.75 Å². The van der Waals surface area contributed by atoms with Gasteiger partial charge in [0.05, 0.1) is 38.4 Å². The Morgan fingerprint density at radius 3 is 2.80 bits per heavy atom. The molecule has 1 aromatic carbocycles. The van der Waals surface area contributed by atoms with Crippen molar-refractivity contribution in [2.24, 2.45) is 17.8 Å². The van der Waals surface area contributed by atoms with Crippen molar-refractivity contribution in [1.82, 2.24) is 9.88 Å². The third-order valence-electron chi connectivity index (χ3n) is 7.62. The van der Waals surface area contributed by atoms with E-state index in [4.69, 9.17) is 14.2 Å². The number of aromatic nitrogens is 1. The Morgan fingerprint density at radius 1 is 1.23 bits per heavy atom. The Kier molecular flexibility index (Phi) is 5.00. The topological polar surface area (TPSA) is 84.0 Å². The lowest BCUT2D eigenvalue weighted by molar-refractivity contribution is -0.175. The Morgan fingerprint density at radius 2 is 2.07 bits per heavy atom. The highest BCUT2D eigenvalue weighted by Gasteiger charge is 2.53. The summed E-state index contributed by atoms with van der Waals surface area (Å²) in [5.74, 6) is 0.514. The molecule has 0 bridgehead atoms. The van der Waals surface area contributed by atoms with Gasteiger partial charge in [-0.15, -0.1) is 0 Å². The molecule has 5 rings (SSSR count). The zero-order valence-electron chi connectivity index (χ0n) is 17.8. The van der Waals surface area contributed by atoms with Gasteiger partial charge < -0.3 is 24.3 Å². The average molecular weight is 415 g/mol. The number of aliphatic hydroxyl groups excluding tert-OH is 1. The van der Waals surface area contributed by atoms with E-state index in [9.17, 15) is 9.90 Å². The summed E-state index contributed by atoms with van der Waals surface area (Å²) < 4.78 is 16.1. The summed E-state index contributed by atoms with van der Waals surface area (Å²) in [6, 6.07) is 6.44. The molecule has 2 N–H and O–H groups in total. The number of aromatic amines is 1. The molecule has 1 aromatic heterocycles. The molecule has 1 aliphatic carbocycles. The van der Waals surface area contributed by atoms with Crippen LogP contribution in [0.1, 0.15) is 30.1 Å². The normalized spacial score (nSPS) is 33.5. The van der Waals surface area contributed by atoms with Gasteiger partial charge in [-0.25, -0.2) is 0 Å². The molecule has 2 fully saturated rings. The number of hydrogen-bond donors (Lipinski definition) is 2. The number of carbonyl (C=O) groups excluding carboxylic acids is 1. The number of rotatable bonds is 3. The highest BCUT2D eigenvalue weighted by molar-refractivity contribution is 5.86. The number of piperidine rings is 1. The zero-order chi connectivity index (χ0) is 21.0. The van der Waals surface area contributed by atoms with E-state index >= 15 is 0 Å². The molecule has 2 aliphatic heterocycles. The van der Waals surface area contributed by atoms with Crippen molar-refractivity contribution in [3.63, 3.8) is 0 Å². The summed E-state index contributed by atoms with van der Waals surface area (Å²) in [5.41, 5.74) is 3.73. The molecule has 162 valence electrons. The Balaban J connectivity index is 1.52. The van der Waals surface area contributed by atoms with Gasteiger partial charge in [-0.1, -0.05) is 0 Å². The number of nitrogens with one attached hydrogen (secondary N) is 1. The molecule has 3 heterocycles. The van der Waals surface area contributed by atoms with Crippen LogP contribution in [0.25, 0.3) is 10.9 Å². The maximum absolute atomic E-state index is 12.7. The third-order valence-corrected chi connectivity index (χ3v) is 7.62. The molecule has 1 saturated heterocycles. The van der Waals surface area contributed by atoms with Crippen LogP contribution in [0.3, 0.4) is 0 Å². The summed E-state index contributed by atoms with van der Waals surface area (Å²) in [5, 5.41) is 11.9. The number of carbonyl (C=O) groups is 1. The van der Waals surface area contributed by atoms with E-state index in [0.29, 0.717) is 6.42 Å². The van der Waals surface area contributed by atoms with E-state index < -0.39 is 18.1 Å². The molecule has 0 spiro atoms. The molecule has 3 aliphatic rings. The van der Waals surface area contributed by atoms with E-state index in [1.165, 1.54) is 23.8 Å². The quantitative estimate of drug-likeness (QED) is 0.750. The Labute approximate surface area is 176 Å². The third kappa shape index (κ3) is 2.94. The monoisotopic (exact) mass is 414 g/mol. The van der Waals surface area contributed by atoms with Crippen molar-refractivity contribution in [2.45, 2.75) is 37.5 Å². The standard InChI is InChI=1S/C23H30N2O5/c1-28-13-4-5-14-15-6-7-25-11-12-8-19(26)22(29-2)20(23(27)30-3)16(12)10-18(25)21(15)24-17(14)9-13/h4-5,9,12,16,18-20,22,24,26H,6-8,10-11H2,1-3H3/t12-,16+,18+,19-,20+,22-/m0/s1. The number of H-pyrrole nitrogens is 1. The van der Waals surface area contributed by atoms with E-state index in [0.717, 1.165) is 37.2 Å². The summed E-state index contributed by atoms with van der Waals surface area (Å²) in [6.45, 7) is 1.88. The largest absolute Gasteiger partial charge is 0.497 e. The smallest absolute Gasteiger partial charge is 0.311 e. The fourth-order valence-corrected chi connectivity index (χ4v) is 6.27. The van der Waals surface area contributed by atoms with Gasteiger partial charge in [-0.2, -0.15) is 0 Å². The van der Waals surface area contributed by atoms with Crippen LogP contribution in [0.4, 0.5) is 0 Å². The second-order valence-corrected chi connectivity index (χ2v) is 8.90. The first-order valence-corrected chi connectivity index (χ1v) is 10.8. The highest BCUT2D eigenvalue weighted by atomic mass is 16.5. The van der Waals surface area contributed by atoms with Crippen molar-refractivity contribution >= 4 is 16.9 Å². The number of nitrogens with zero attached hydrogens (tertiary/aromatic N) is 1. The van der Waals surface area contributed by atoms with Crippen molar-refractivity contribution in [3.05, 3.63) is 29.5 Å². The van der Waals surface area contributed by atoms with Crippen LogP contribution in [-0.2, 0) is 20.7 Å². The van der Waals surface area contributed by atoms with E-state index in [-0.39, 0.29) is 23.8 Å². The predicted octanol–water partition coefficient (Wildman–Crippen LogP) is 2.28. The van der Waals surface area contributed by atoms with E-state index in [2.05, 4.69) is 22.0 Å². The molecule has 30 heavy (non-hydrogen) atoms. The average Bonchev–Trinajstić information content (AvgIpc) is 3.14. The van der Waals surface area contributed by atoms with Gasteiger partial charge >= 0.3 is 5.97 Å². The second-order valence-electron chi connectivity index (χ2n) is 8.90. The van der Waals surface area contributed by atoms with Crippen LogP contribution in [0.15, 0.2) is 18.2 Å². The molecular weight excluding hydrogens is 384 g/mol. The van der Waals surface area contributed by atoms with E-state index in [1.54, 1.807) is 14.2 Å². The minimum absolute atomic E-state index is 0.124. The van der Waals surface area contributed by atoms with E-state index in [1.807, 2.05) is 6.07 Å². The number of aliphatic hydroxyl groups is 1. The number of benzene rings is 1. The van der Waals surface area contributed by atoms with Crippen LogP contribution in [-0.4, -0.2) is 67.6 Å². The number of fused-ring (bicyclic) bond motifs is 6. The molecule has 2 aromatic rings. The summed E-state index contributed by atoms with van der Waals surface area (Å²) >= 11 is 0. The zero-order valence-corrected chi connectivity index (χ0v) is 17.8. The molecule has 7 nitrogen and oxygen atoms in total. The van der Waals surface area contributed by atoms with Crippen LogP contribution in [0, 0.1) is 17.8 Å². The maximum atomic E-state index is 12.7. The van der Waals surface area contributed by atoms with Crippen LogP contribution in [0.5, 0.6) is 5.75 Å². The molecule has 0 radical (unpaired) electrons. The fraction of sp³-hybridized carbons (Fsp3) is 0.609. The molecule has 6 atom stereocenters. The highest BCUT2D eigenvalue weighted by Crippen LogP contribution is 2.50. The van der Waals surface area contributed by atoms with Gasteiger partial charge in [-0.3, -0.25) is 9.69 Å². The minimum Gasteiger partial charge on any atom is -0.497 e. The van der Waals surface area contributed by atoms with Gasteiger partial charge in [0.15, 0.2) is 0 Å². The molecule has 1 saturated carbocycles. The first-order chi connectivity index (χ1) is 14.5. The van der Waals surface area contributed by atoms with Crippen molar-refractivity contribution < 1.29 is 24.1 Å². The summed E-state index contributed by atoms with van der Waals surface area (Å²) in [6.07, 6.45) is 1.36. The van der Waals surface area contributed by atoms with Crippen LogP contribution >= 0.6 is 0 Å².